The quantitative estimate of drug-likeness (QED) is 0.234. The van der Waals surface area contributed by atoms with Crippen molar-refractivity contribution in [2.75, 3.05) is 23.9 Å². The number of thiocarbonyl (C=S) groups is 1. The zero-order valence-electron chi connectivity index (χ0n) is 19.6. The van der Waals surface area contributed by atoms with Crippen molar-refractivity contribution in [3.05, 3.63) is 87.9 Å². The Hall–Kier alpha value is -4.16. The molecule has 0 aliphatic carbocycles. The van der Waals surface area contributed by atoms with E-state index >= 15 is 0 Å². The fourth-order valence-corrected chi connectivity index (χ4v) is 4.16. The first kappa shape index (κ1) is 26.9. The molecule has 38 heavy (non-hydrogen) atoms. The van der Waals surface area contributed by atoms with E-state index in [0.717, 1.165) is 4.90 Å². The summed E-state index contributed by atoms with van der Waals surface area (Å²) in [6.07, 6.45) is 1.34. The van der Waals surface area contributed by atoms with E-state index in [4.69, 9.17) is 21.7 Å². The van der Waals surface area contributed by atoms with Crippen molar-refractivity contribution < 1.29 is 32.6 Å². The third-order valence-electron chi connectivity index (χ3n) is 5.26. The molecule has 0 spiro atoms. The van der Waals surface area contributed by atoms with Crippen LogP contribution in [0.4, 0.5) is 20.2 Å². The van der Waals surface area contributed by atoms with Gasteiger partial charge in [-0.3, -0.25) is 24.6 Å². The van der Waals surface area contributed by atoms with Gasteiger partial charge in [0.15, 0.2) is 23.2 Å². The number of nitrogens with one attached hydrogen (secondary N) is 2. The predicted molar refractivity (Wildman–Crippen MR) is 144 cm³/mol. The molecule has 8 nitrogen and oxygen atoms in total. The Kier molecular flexibility index (Phi) is 8.13. The summed E-state index contributed by atoms with van der Waals surface area (Å²) in [5, 5.41) is 4.90. The van der Waals surface area contributed by atoms with Crippen LogP contribution in [-0.2, 0) is 14.4 Å². The molecule has 194 valence electrons. The molecule has 0 radical (unpaired) electrons. The Morgan fingerprint density at radius 1 is 1.05 bits per heavy atom. The summed E-state index contributed by atoms with van der Waals surface area (Å²) in [5.74, 6) is -2.37. The largest absolute Gasteiger partial charge is 0.493 e. The number of benzene rings is 3. The number of methoxy groups -OCH3 is 1. The van der Waals surface area contributed by atoms with Gasteiger partial charge in [-0.05, 0) is 84.5 Å². The third-order valence-corrected chi connectivity index (χ3v) is 6.23. The highest BCUT2D eigenvalue weighted by molar-refractivity contribution is 9.10. The van der Waals surface area contributed by atoms with Crippen LogP contribution in [0, 0.1) is 11.6 Å². The van der Waals surface area contributed by atoms with E-state index in [-0.39, 0.29) is 34.5 Å². The van der Waals surface area contributed by atoms with Gasteiger partial charge in [0.1, 0.15) is 17.2 Å². The van der Waals surface area contributed by atoms with Gasteiger partial charge >= 0.3 is 0 Å². The van der Waals surface area contributed by atoms with Crippen molar-refractivity contribution in [1.29, 1.82) is 0 Å². The van der Waals surface area contributed by atoms with Gasteiger partial charge in [0.2, 0.25) is 0 Å². The molecule has 0 atom stereocenters. The predicted octanol–water partition coefficient (Wildman–Crippen LogP) is 4.58. The van der Waals surface area contributed by atoms with E-state index in [0.29, 0.717) is 15.7 Å². The number of hydrogen-bond acceptors (Lipinski definition) is 6. The monoisotopic (exact) mass is 601 g/mol. The molecule has 3 amide bonds. The zero-order chi connectivity index (χ0) is 27.4. The Bertz CT molecular complexity index is 1460. The highest BCUT2D eigenvalue weighted by Gasteiger charge is 2.34. The van der Waals surface area contributed by atoms with Gasteiger partial charge in [-0.2, -0.15) is 0 Å². The molecule has 3 aromatic rings. The summed E-state index contributed by atoms with van der Waals surface area (Å²) in [7, 11) is 1.39. The van der Waals surface area contributed by atoms with Crippen molar-refractivity contribution in [3.8, 4) is 11.5 Å². The number of carbonyl (C=O) groups is 3. The van der Waals surface area contributed by atoms with E-state index < -0.39 is 29.4 Å². The van der Waals surface area contributed by atoms with Crippen LogP contribution in [0.1, 0.15) is 5.56 Å². The molecule has 0 saturated carbocycles. The Morgan fingerprint density at radius 3 is 2.32 bits per heavy atom. The van der Waals surface area contributed by atoms with Gasteiger partial charge < -0.3 is 14.8 Å². The normalized spacial score (nSPS) is 14.4. The number of ether oxygens (including phenoxy) is 2. The Balaban J connectivity index is 1.55. The number of rotatable bonds is 7. The van der Waals surface area contributed by atoms with Crippen LogP contribution in [0.5, 0.6) is 11.5 Å². The van der Waals surface area contributed by atoms with E-state index in [1.165, 1.54) is 73.8 Å². The van der Waals surface area contributed by atoms with E-state index in [9.17, 15) is 23.2 Å². The average molecular weight is 602 g/mol. The lowest BCUT2D eigenvalue weighted by atomic mass is 10.1. The molecule has 1 aliphatic rings. The van der Waals surface area contributed by atoms with Gasteiger partial charge in [0.05, 0.1) is 12.8 Å². The standard InChI is InChI=1S/C26H18BrF2N3O5S/c1-36-21-11-14(20(27)12-22(21)37-13-23(33)30-17-6-2-15(28)3-7-17)10-19-24(34)31-26(38)32(25(19)35)18-8-4-16(29)5-9-18/h2-12H,13H2,1H3,(H,30,33)(H,31,34,38)/b19-10-. The number of anilines is 2. The second-order valence-electron chi connectivity index (χ2n) is 7.80. The second-order valence-corrected chi connectivity index (χ2v) is 9.04. The molecule has 0 unspecified atom stereocenters. The van der Waals surface area contributed by atoms with E-state index in [1.807, 2.05) is 0 Å². The minimum Gasteiger partial charge on any atom is -0.493 e. The molecule has 4 rings (SSSR count). The molecule has 1 aliphatic heterocycles. The lowest BCUT2D eigenvalue weighted by Crippen LogP contribution is -2.54. The van der Waals surface area contributed by atoms with Crippen molar-refractivity contribution >= 4 is 68.4 Å². The topological polar surface area (TPSA) is 97.0 Å². The molecular formula is C26H18BrF2N3O5S. The van der Waals surface area contributed by atoms with Crippen molar-refractivity contribution in [3.63, 3.8) is 0 Å². The highest BCUT2D eigenvalue weighted by atomic mass is 79.9. The number of nitrogens with zero attached hydrogens (tertiary/aromatic N) is 1. The maximum Gasteiger partial charge on any atom is 0.270 e. The van der Waals surface area contributed by atoms with Crippen molar-refractivity contribution in [2.45, 2.75) is 0 Å². The third kappa shape index (κ3) is 6.03. The number of carbonyl (C=O) groups excluding carboxylic acids is 3. The highest BCUT2D eigenvalue weighted by Crippen LogP contribution is 2.35. The molecule has 0 bridgehead atoms. The number of halogens is 3. The van der Waals surface area contributed by atoms with Crippen LogP contribution in [-0.4, -0.2) is 36.6 Å². The summed E-state index contributed by atoms with van der Waals surface area (Å²) < 4.78 is 37.8. The summed E-state index contributed by atoms with van der Waals surface area (Å²) in [6, 6.07) is 13.4. The summed E-state index contributed by atoms with van der Waals surface area (Å²) >= 11 is 8.53. The van der Waals surface area contributed by atoms with Gasteiger partial charge in [0.25, 0.3) is 17.7 Å². The lowest BCUT2D eigenvalue weighted by molar-refractivity contribution is -0.122. The molecule has 0 aromatic heterocycles. The smallest absolute Gasteiger partial charge is 0.270 e. The van der Waals surface area contributed by atoms with Gasteiger partial charge in [-0.15, -0.1) is 0 Å². The van der Waals surface area contributed by atoms with Gasteiger partial charge in [0, 0.05) is 10.2 Å². The molecular weight excluding hydrogens is 584 g/mol. The summed E-state index contributed by atoms with van der Waals surface area (Å²) in [6.45, 7) is -0.369. The van der Waals surface area contributed by atoms with Crippen molar-refractivity contribution in [1.82, 2.24) is 5.32 Å². The molecule has 1 heterocycles. The second kappa shape index (κ2) is 11.5. The van der Waals surface area contributed by atoms with Gasteiger partial charge in [-0.1, -0.05) is 15.9 Å². The first-order chi connectivity index (χ1) is 18.2. The number of amides is 3. The van der Waals surface area contributed by atoms with Crippen LogP contribution >= 0.6 is 28.1 Å². The summed E-state index contributed by atoms with van der Waals surface area (Å²) in [4.78, 5) is 39.1. The van der Waals surface area contributed by atoms with Crippen LogP contribution in [0.3, 0.4) is 0 Å². The minimum atomic E-state index is -0.706. The Morgan fingerprint density at radius 2 is 1.68 bits per heavy atom. The first-order valence-corrected chi connectivity index (χ1v) is 12.1. The molecule has 12 heteroatoms. The van der Waals surface area contributed by atoms with E-state index in [1.54, 1.807) is 0 Å². The fraction of sp³-hybridized carbons (Fsp3) is 0.0769. The van der Waals surface area contributed by atoms with Crippen LogP contribution in [0.2, 0.25) is 0 Å². The average Bonchev–Trinajstić information content (AvgIpc) is 2.88. The maximum absolute atomic E-state index is 13.4. The lowest BCUT2D eigenvalue weighted by Gasteiger charge is -2.29. The van der Waals surface area contributed by atoms with E-state index in [2.05, 4.69) is 26.6 Å². The van der Waals surface area contributed by atoms with Crippen LogP contribution in [0.15, 0.2) is 70.7 Å². The van der Waals surface area contributed by atoms with Gasteiger partial charge in [-0.25, -0.2) is 8.78 Å². The van der Waals surface area contributed by atoms with Crippen LogP contribution < -0.4 is 25.0 Å². The first-order valence-electron chi connectivity index (χ1n) is 10.9. The van der Waals surface area contributed by atoms with Crippen molar-refractivity contribution in [2.24, 2.45) is 0 Å². The number of hydrogen-bond donors (Lipinski definition) is 2. The molecule has 1 fully saturated rings. The zero-order valence-corrected chi connectivity index (χ0v) is 22.0. The fourth-order valence-electron chi connectivity index (χ4n) is 3.45. The SMILES string of the molecule is COc1cc(/C=C2/C(=O)NC(=S)N(c3ccc(F)cc3)C2=O)c(Br)cc1OCC(=O)Nc1ccc(F)cc1. The van der Waals surface area contributed by atoms with Crippen LogP contribution in [0.25, 0.3) is 6.08 Å². The molecule has 2 N–H and O–H groups in total. The Labute approximate surface area is 229 Å². The maximum atomic E-state index is 13.4. The minimum absolute atomic E-state index is 0.136. The summed E-state index contributed by atoms with van der Waals surface area (Å²) in [5.41, 5.74) is 0.861. The molecule has 1 saturated heterocycles. The molecule has 3 aromatic carbocycles.